The number of benzene rings is 1. The van der Waals surface area contributed by atoms with Gasteiger partial charge in [-0.2, -0.15) is 0 Å². The fourth-order valence-corrected chi connectivity index (χ4v) is 2.06. The molecule has 4 nitrogen and oxygen atoms in total. The summed E-state index contributed by atoms with van der Waals surface area (Å²) < 4.78 is 0. The molecular weight excluding hydrogens is 252 g/mol. The predicted octanol–water partition coefficient (Wildman–Crippen LogP) is 1.94. The van der Waals surface area contributed by atoms with Crippen molar-refractivity contribution in [2.45, 2.75) is 27.7 Å². The molecule has 0 fully saturated rings. The lowest BCUT2D eigenvalue weighted by Crippen LogP contribution is -2.39. The molecule has 0 saturated heterocycles. The second kappa shape index (κ2) is 7.80. The predicted molar refractivity (Wildman–Crippen MR) is 81.0 cm³/mol. The van der Waals surface area contributed by atoms with Crippen molar-refractivity contribution in [2.75, 3.05) is 26.2 Å². The van der Waals surface area contributed by atoms with Crippen LogP contribution in [0.5, 0.6) is 0 Å². The summed E-state index contributed by atoms with van der Waals surface area (Å²) in [5.41, 5.74) is 2.81. The van der Waals surface area contributed by atoms with Gasteiger partial charge in [0.1, 0.15) is 0 Å². The van der Waals surface area contributed by atoms with Crippen LogP contribution in [0.25, 0.3) is 0 Å². The minimum Gasteiger partial charge on any atom is -0.355 e. The number of hydrogen-bond acceptors (Lipinski definition) is 3. The summed E-state index contributed by atoms with van der Waals surface area (Å²) in [6.45, 7) is 9.58. The first-order valence-corrected chi connectivity index (χ1v) is 7.07. The van der Waals surface area contributed by atoms with Crippen LogP contribution in [0.1, 0.15) is 35.3 Å². The summed E-state index contributed by atoms with van der Waals surface area (Å²) in [6.07, 6.45) is 0. The summed E-state index contributed by atoms with van der Waals surface area (Å²) in [6, 6.07) is 5.87. The maximum atomic E-state index is 12.4. The number of amides is 1. The fraction of sp³-hybridized carbons (Fsp3) is 0.500. The fourth-order valence-electron chi connectivity index (χ4n) is 2.06. The molecule has 1 aromatic rings. The highest BCUT2D eigenvalue weighted by Crippen LogP contribution is 2.12. The third-order valence-electron chi connectivity index (χ3n) is 3.25. The summed E-state index contributed by atoms with van der Waals surface area (Å²) in [7, 11) is 0. The molecule has 0 unspecified atom stereocenters. The zero-order chi connectivity index (χ0) is 15.1. The van der Waals surface area contributed by atoms with E-state index in [1.165, 1.54) is 0 Å². The molecule has 1 aromatic carbocycles. The van der Waals surface area contributed by atoms with Crippen molar-refractivity contribution in [3.8, 4) is 0 Å². The first kappa shape index (κ1) is 16.4. The van der Waals surface area contributed by atoms with Crippen LogP contribution < -0.4 is 5.32 Å². The van der Waals surface area contributed by atoms with Crippen molar-refractivity contribution in [3.05, 3.63) is 34.9 Å². The van der Waals surface area contributed by atoms with E-state index in [0.29, 0.717) is 13.1 Å². The van der Waals surface area contributed by atoms with Crippen molar-refractivity contribution >= 4 is 11.7 Å². The molecule has 0 aliphatic rings. The van der Waals surface area contributed by atoms with Crippen molar-refractivity contribution in [3.63, 3.8) is 0 Å². The van der Waals surface area contributed by atoms with Crippen LogP contribution in [0.4, 0.5) is 0 Å². The Bertz CT molecular complexity index is 483. The molecule has 0 aliphatic heterocycles. The lowest BCUT2D eigenvalue weighted by atomic mass is 10.0. The van der Waals surface area contributed by atoms with Gasteiger partial charge in [-0.05, 0) is 38.9 Å². The number of aryl methyl sites for hydroxylation is 2. The number of carbonyl (C=O) groups excluding carboxylic acids is 2. The summed E-state index contributed by atoms with van der Waals surface area (Å²) in [5, 5.41) is 2.75. The number of ketones is 1. The van der Waals surface area contributed by atoms with Crippen molar-refractivity contribution in [1.82, 2.24) is 10.2 Å². The van der Waals surface area contributed by atoms with Gasteiger partial charge >= 0.3 is 0 Å². The Kier molecular flexibility index (Phi) is 6.39. The van der Waals surface area contributed by atoms with Crippen molar-refractivity contribution in [2.24, 2.45) is 0 Å². The Morgan fingerprint density at radius 1 is 1.15 bits per heavy atom. The van der Waals surface area contributed by atoms with Gasteiger partial charge in [-0.3, -0.25) is 14.5 Å². The van der Waals surface area contributed by atoms with Crippen LogP contribution >= 0.6 is 0 Å². The van der Waals surface area contributed by atoms with Gasteiger partial charge in [0.15, 0.2) is 5.78 Å². The Balaban J connectivity index is 2.72. The number of likely N-dealkylation sites (N-methyl/N-ethyl adjacent to an activating group) is 2. The SMILES string of the molecule is CCNC(=O)CN(CC)CC(=O)c1cc(C)ccc1C. The Labute approximate surface area is 121 Å². The van der Waals surface area contributed by atoms with Crippen molar-refractivity contribution < 1.29 is 9.59 Å². The monoisotopic (exact) mass is 276 g/mol. The first-order chi connectivity index (χ1) is 9.47. The van der Waals surface area contributed by atoms with Crippen molar-refractivity contribution in [1.29, 1.82) is 0 Å². The number of nitrogens with zero attached hydrogens (tertiary/aromatic N) is 1. The van der Waals surface area contributed by atoms with E-state index in [-0.39, 0.29) is 24.8 Å². The smallest absolute Gasteiger partial charge is 0.234 e. The van der Waals surface area contributed by atoms with E-state index in [2.05, 4.69) is 5.32 Å². The van der Waals surface area contributed by atoms with Gasteiger partial charge in [-0.15, -0.1) is 0 Å². The molecule has 0 aromatic heterocycles. The second-order valence-corrected chi connectivity index (χ2v) is 5.00. The molecule has 0 aliphatic carbocycles. The molecule has 0 saturated carbocycles. The third-order valence-corrected chi connectivity index (χ3v) is 3.25. The summed E-state index contributed by atoms with van der Waals surface area (Å²) in [4.78, 5) is 25.8. The molecule has 0 spiro atoms. The second-order valence-electron chi connectivity index (χ2n) is 5.00. The largest absolute Gasteiger partial charge is 0.355 e. The molecule has 110 valence electrons. The van der Waals surface area contributed by atoms with Crippen LogP contribution in [-0.4, -0.2) is 42.8 Å². The molecular formula is C16H24N2O2. The van der Waals surface area contributed by atoms with E-state index in [4.69, 9.17) is 0 Å². The minimum absolute atomic E-state index is 0.0388. The molecule has 0 heterocycles. The minimum atomic E-state index is -0.0388. The topological polar surface area (TPSA) is 49.4 Å². The molecule has 1 N–H and O–H groups in total. The molecule has 20 heavy (non-hydrogen) atoms. The zero-order valence-corrected chi connectivity index (χ0v) is 12.8. The molecule has 1 rings (SSSR count). The van der Waals surface area contributed by atoms with Gasteiger partial charge in [0.05, 0.1) is 13.1 Å². The van der Waals surface area contributed by atoms with Gasteiger partial charge < -0.3 is 5.32 Å². The molecule has 4 heteroatoms. The van der Waals surface area contributed by atoms with Gasteiger partial charge in [-0.25, -0.2) is 0 Å². The van der Waals surface area contributed by atoms with E-state index in [9.17, 15) is 9.59 Å². The molecule has 0 atom stereocenters. The maximum Gasteiger partial charge on any atom is 0.234 e. The van der Waals surface area contributed by atoms with E-state index in [1.54, 1.807) is 0 Å². The van der Waals surface area contributed by atoms with Crippen LogP contribution in [-0.2, 0) is 4.79 Å². The number of carbonyl (C=O) groups is 2. The standard InChI is InChI=1S/C16H24N2O2/c1-5-17-16(20)11-18(6-2)10-15(19)14-9-12(3)7-8-13(14)4/h7-9H,5-6,10-11H2,1-4H3,(H,17,20). The lowest BCUT2D eigenvalue weighted by Gasteiger charge is -2.19. The number of Topliss-reactive ketones (excluding diaryl/α,β-unsaturated/α-hetero) is 1. The zero-order valence-electron chi connectivity index (χ0n) is 12.8. The van der Waals surface area contributed by atoms with Crippen LogP contribution in [0.3, 0.4) is 0 Å². The highest BCUT2D eigenvalue weighted by Gasteiger charge is 2.15. The quantitative estimate of drug-likeness (QED) is 0.774. The van der Waals surface area contributed by atoms with E-state index < -0.39 is 0 Å². The van der Waals surface area contributed by atoms with E-state index >= 15 is 0 Å². The van der Waals surface area contributed by atoms with Gasteiger partial charge in [0.2, 0.25) is 5.91 Å². The average Bonchev–Trinajstić information content (AvgIpc) is 2.40. The van der Waals surface area contributed by atoms with Crippen LogP contribution in [0.2, 0.25) is 0 Å². The first-order valence-electron chi connectivity index (χ1n) is 7.07. The third kappa shape index (κ3) is 4.78. The summed E-state index contributed by atoms with van der Waals surface area (Å²) >= 11 is 0. The average molecular weight is 276 g/mol. The number of rotatable bonds is 7. The number of hydrogen-bond donors (Lipinski definition) is 1. The molecule has 0 radical (unpaired) electrons. The van der Waals surface area contributed by atoms with Crippen LogP contribution in [0.15, 0.2) is 18.2 Å². The van der Waals surface area contributed by atoms with Gasteiger partial charge in [0.25, 0.3) is 0 Å². The highest BCUT2D eigenvalue weighted by molar-refractivity contribution is 5.99. The normalized spacial score (nSPS) is 10.7. The number of nitrogens with one attached hydrogen (secondary N) is 1. The lowest BCUT2D eigenvalue weighted by molar-refractivity contribution is -0.121. The Morgan fingerprint density at radius 2 is 1.85 bits per heavy atom. The Hall–Kier alpha value is -1.68. The molecule has 0 bridgehead atoms. The summed E-state index contributed by atoms with van der Waals surface area (Å²) in [5.74, 6) is 0.0282. The van der Waals surface area contributed by atoms with Crippen LogP contribution in [0, 0.1) is 13.8 Å². The van der Waals surface area contributed by atoms with Gasteiger partial charge in [0, 0.05) is 12.1 Å². The van der Waals surface area contributed by atoms with E-state index in [1.807, 2.05) is 50.8 Å². The highest BCUT2D eigenvalue weighted by atomic mass is 16.2. The molecule has 1 amide bonds. The van der Waals surface area contributed by atoms with E-state index in [0.717, 1.165) is 16.7 Å². The van der Waals surface area contributed by atoms with Gasteiger partial charge in [-0.1, -0.05) is 24.6 Å². The maximum absolute atomic E-state index is 12.4. The Morgan fingerprint density at radius 3 is 2.45 bits per heavy atom.